The van der Waals surface area contributed by atoms with Crippen molar-refractivity contribution in [2.45, 2.75) is 20.0 Å². The summed E-state index contributed by atoms with van der Waals surface area (Å²) in [4.78, 5) is 12.6. The number of ether oxygens (including phenoxy) is 1. The van der Waals surface area contributed by atoms with Crippen LogP contribution in [0.5, 0.6) is 5.75 Å². The molecule has 0 aliphatic rings. The average molecular weight is 388 g/mol. The van der Waals surface area contributed by atoms with Gasteiger partial charge in [0.25, 0.3) is 5.91 Å². The lowest BCUT2D eigenvalue weighted by molar-refractivity contribution is 0.0950. The summed E-state index contributed by atoms with van der Waals surface area (Å²) in [5.41, 5.74) is 2.62. The van der Waals surface area contributed by atoms with Crippen molar-refractivity contribution >= 4 is 17.5 Å². The highest BCUT2D eigenvalue weighted by Gasteiger charge is 2.20. The molecular weight excluding hydrogens is 369 g/mol. The summed E-state index contributed by atoms with van der Waals surface area (Å²) in [6.45, 7) is 2.42. The molecule has 0 aliphatic carbocycles. The average Bonchev–Trinajstić information content (AvgIpc) is 2.95. The Balaban J connectivity index is 1.73. The number of rotatable bonds is 6. The number of nitrogens with one attached hydrogen (secondary N) is 1. The molecule has 140 valence electrons. The van der Waals surface area contributed by atoms with Crippen LogP contribution in [-0.2, 0) is 13.1 Å². The van der Waals surface area contributed by atoms with Crippen molar-refractivity contribution in [1.82, 2.24) is 15.1 Å². The molecule has 2 aromatic carbocycles. The molecule has 0 aliphatic heterocycles. The molecule has 27 heavy (non-hydrogen) atoms. The Morgan fingerprint density at radius 2 is 1.96 bits per heavy atom. The summed E-state index contributed by atoms with van der Waals surface area (Å²) in [7, 11) is 1.59. The van der Waals surface area contributed by atoms with E-state index in [4.69, 9.17) is 16.3 Å². The number of amides is 1. The second-order valence-electron chi connectivity index (χ2n) is 6.07. The molecule has 1 heterocycles. The van der Waals surface area contributed by atoms with Gasteiger partial charge in [0.1, 0.15) is 16.7 Å². The summed E-state index contributed by atoms with van der Waals surface area (Å²) < 4.78 is 19.8. The van der Waals surface area contributed by atoms with Gasteiger partial charge in [0.05, 0.1) is 24.9 Å². The smallest absolute Gasteiger partial charge is 0.256 e. The standard InChI is InChI=1S/C20H19ClFN3O2/c1-13-18(20(26)23-11-15-4-3-5-17(10-15)27-2)19(21)25(24-13)12-14-6-8-16(22)9-7-14/h3-10H,11-12H2,1-2H3,(H,23,26). The second kappa shape index (κ2) is 8.22. The van der Waals surface area contributed by atoms with Crippen molar-refractivity contribution in [2.24, 2.45) is 0 Å². The minimum Gasteiger partial charge on any atom is -0.497 e. The summed E-state index contributed by atoms with van der Waals surface area (Å²) in [6, 6.07) is 13.5. The van der Waals surface area contributed by atoms with Crippen molar-refractivity contribution in [3.05, 3.63) is 81.9 Å². The molecule has 0 spiro atoms. The van der Waals surface area contributed by atoms with Gasteiger partial charge in [0, 0.05) is 6.54 Å². The van der Waals surface area contributed by atoms with E-state index in [0.717, 1.165) is 16.9 Å². The molecule has 3 aromatic rings. The van der Waals surface area contributed by atoms with Gasteiger partial charge < -0.3 is 10.1 Å². The van der Waals surface area contributed by atoms with Gasteiger partial charge in [-0.3, -0.25) is 4.79 Å². The molecule has 0 saturated heterocycles. The third kappa shape index (κ3) is 4.46. The van der Waals surface area contributed by atoms with Crippen molar-refractivity contribution < 1.29 is 13.9 Å². The Labute approximate surface area is 161 Å². The minimum atomic E-state index is -0.306. The van der Waals surface area contributed by atoms with Crippen LogP contribution < -0.4 is 10.1 Å². The van der Waals surface area contributed by atoms with Gasteiger partial charge in [-0.1, -0.05) is 35.9 Å². The minimum absolute atomic E-state index is 0.250. The van der Waals surface area contributed by atoms with Gasteiger partial charge >= 0.3 is 0 Å². The topological polar surface area (TPSA) is 56.1 Å². The molecule has 3 rings (SSSR count). The van der Waals surface area contributed by atoms with Crippen LogP contribution in [0, 0.1) is 12.7 Å². The fourth-order valence-corrected chi connectivity index (χ4v) is 3.05. The molecule has 0 saturated carbocycles. The van der Waals surface area contributed by atoms with Crippen LogP contribution in [0.25, 0.3) is 0 Å². The number of benzene rings is 2. The van der Waals surface area contributed by atoms with Crippen molar-refractivity contribution in [2.75, 3.05) is 7.11 Å². The van der Waals surface area contributed by atoms with E-state index in [0.29, 0.717) is 24.3 Å². The number of nitrogens with zero attached hydrogens (tertiary/aromatic N) is 2. The van der Waals surface area contributed by atoms with Crippen LogP contribution in [0.2, 0.25) is 5.15 Å². The fourth-order valence-electron chi connectivity index (χ4n) is 2.73. The molecule has 0 radical (unpaired) electrons. The summed E-state index contributed by atoms with van der Waals surface area (Å²) >= 11 is 6.38. The lowest BCUT2D eigenvalue weighted by atomic mass is 10.2. The zero-order valence-corrected chi connectivity index (χ0v) is 15.8. The van der Waals surface area contributed by atoms with Crippen LogP contribution in [0.4, 0.5) is 4.39 Å². The number of hydrogen-bond acceptors (Lipinski definition) is 3. The van der Waals surface area contributed by atoms with E-state index >= 15 is 0 Å². The first kappa shape index (κ1) is 18.9. The first-order chi connectivity index (χ1) is 13.0. The molecular formula is C20H19ClFN3O2. The predicted octanol–water partition coefficient (Wildman–Crippen LogP) is 3.97. The monoisotopic (exact) mass is 387 g/mol. The van der Waals surface area contributed by atoms with Gasteiger partial charge in [-0.05, 0) is 42.3 Å². The van der Waals surface area contributed by atoms with Crippen LogP contribution >= 0.6 is 11.6 Å². The van der Waals surface area contributed by atoms with E-state index in [1.165, 1.54) is 16.8 Å². The number of carbonyl (C=O) groups is 1. The van der Waals surface area contributed by atoms with Crippen molar-refractivity contribution in [3.8, 4) is 5.75 Å². The molecule has 0 bridgehead atoms. The molecule has 0 atom stereocenters. The Morgan fingerprint density at radius 1 is 1.22 bits per heavy atom. The first-order valence-corrected chi connectivity index (χ1v) is 8.74. The highest BCUT2D eigenvalue weighted by atomic mass is 35.5. The van der Waals surface area contributed by atoms with E-state index in [2.05, 4.69) is 10.4 Å². The van der Waals surface area contributed by atoms with E-state index in [-0.39, 0.29) is 16.9 Å². The van der Waals surface area contributed by atoms with E-state index in [1.54, 1.807) is 26.2 Å². The molecule has 0 fully saturated rings. The molecule has 0 unspecified atom stereocenters. The van der Waals surface area contributed by atoms with Crippen LogP contribution in [-0.4, -0.2) is 22.8 Å². The number of carbonyl (C=O) groups excluding carboxylic acids is 1. The maximum absolute atomic E-state index is 13.0. The zero-order valence-electron chi connectivity index (χ0n) is 15.0. The van der Waals surface area contributed by atoms with Gasteiger partial charge in [0.15, 0.2) is 0 Å². The third-order valence-corrected chi connectivity index (χ3v) is 4.51. The maximum atomic E-state index is 13.0. The Hall–Kier alpha value is -2.86. The quantitative estimate of drug-likeness (QED) is 0.696. The number of aryl methyl sites for hydroxylation is 1. The third-order valence-electron chi connectivity index (χ3n) is 4.13. The highest BCUT2D eigenvalue weighted by Crippen LogP contribution is 2.21. The fraction of sp³-hybridized carbons (Fsp3) is 0.200. The summed E-state index contributed by atoms with van der Waals surface area (Å²) in [6.07, 6.45) is 0. The van der Waals surface area contributed by atoms with Crippen molar-refractivity contribution in [1.29, 1.82) is 0 Å². The van der Waals surface area contributed by atoms with Crippen LogP contribution in [0.3, 0.4) is 0 Å². The SMILES string of the molecule is COc1cccc(CNC(=O)c2c(C)nn(Cc3ccc(F)cc3)c2Cl)c1. The van der Waals surface area contributed by atoms with E-state index < -0.39 is 0 Å². The zero-order chi connectivity index (χ0) is 19.4. The molecule has 1 amide bonds. The lowest BCUT2D eigenvalue weighted by Gasteiger charge is -2.07. The van der Waals surface area contributed by atoms with Gasteiger partial charge in [-0.25, -0.2) is 9.07 Å². The molecule has 1 N–H and O–H groups in total. The number of methoxy groups -OCH3 is 1. The Kier molecular flexibility index (Phi) is 5.76. The Bertz CT molecular complexity index is 954. The first-order valence-electron chi connectivity index (χ1n) is 8.36. The summed E-state index contributed by atoms with van der Waals surface area (Å²) in [5.74, 6) is 0.118. The van der Waals surface area contributed by atoms with E-state index in [1.807, 2.05) is 24.3 Å². The van der Waals surface area contributed by atoms with Crippen LogP contribution in [0.1, 0.15) is 27.2 Å². The van der Waals surface area contributed by atoms with Gasteiger partial charge in [-0.2, -0.15) is 5.10 Å². The number of hydrogen-bond donors (Lipinski definition) is 1. The summed E-state index contributed by atoms with van der Waals surface area (Å²) in [5, 5.41) is 7.44. The molecule has 5 nitrogen and oxygen atoms in total. The van der Waals surface area contributed by atoms with Crippen LogP contribution in [0.15, 0.2) is 48.5 Å². The number of halogens is 2. The van der Waals surface area contributed by atoms with Gasteiger partial charge in [-0.15, -0.1) is 0 Å². The number of aromatic nitrogens is 2. The van der Waals surface area contributed by atoms with Crippen molar-refractivity contribution in [3.63, 3.8) is 0 Å². The molecule has 1 aromatic heterocycles. The normalized spacial score (nSPS) is 10.7. The highest BCUT2D eigenvalue weighted by molar-refractivity contribution is 6.33. The maximum Gasteiger partial charge on any atom is 0.256 e. The lowest BCUT2D eigenvalue weighted by Crippen LogP contribution is -2.23. The predicted molar refractivity (Wildman–Crippen MR) is 102 cm³/mol. The second-order valence-corrected chi connectivity index (χ2v) is 6.43. The largest absolute Gasteiger partial charge is 0.497 e. The molecule has 7 heteroatoms. The van der Waals surface area contributed by atoms with Gasteiger partial charge in [0.2, 0.25) is 0 Å². The Morgan fingerprint density at radius 3 is 2.67 bits per heavy atom. The van der Waals surface area contributed by atoms with E-state index in [9.17, 15) is 9.18 Å².